The fourth-order valence-electron chi connectivity index (χ4n) is 6.58. The highest BCUT2D eigenvalue weighted by molar-refractivity contribution is 5.81. The molecular weight excluding hydrogens is 730 g/mol. The summed E-state index contributed by atoms with van der Waals surface area (Å²) in [5.41, 5.74) is 2.09. The molecule has 0 saturated heterocycles. The summed E-state index contributed by atoms with van der Waals surface area (Å²) in [6.07, 6.45) is -8.55. The lowest BCUT2D eigenvalue weighted by Gasteiger charge is -2.19. The number of alkyl halides is 6. The zero-order chi connectivity index (χ0) is 40.0. The minimum Gasteiger partial charge on any atom is -0.419 e. The molecule has 0 aliphatic heterocycles. The number of hydrogen-bond donors (Lipinski definition) is 0. The van der Waals surface area contributed by atoms with Crippen molar-refractivity contribution in [2.75, 3.05) is 0 Å². The number of non-ortho nitro benzene ring substituents is 2. The first-order valence-electron chi connectivity index (χ1n) is 16.4. The van der Waals surface area contributed by atoms with Crippen LogP contribution in [-0.2, 0) is 12.4 Å². The molecule has 6 rings (SSSR count). The number of rotatable bonds is 8. The van der Waals surface area contributed by atoms with Gasteiger partial charge in [-0.1, -0.05) is 48.5 Å². The van der Waals surface area contributed by atoms with Gasteiger partial charge in [-0.2, -0.15) is 26.3 Å². The molecule has 55 heavy (non-hydrogen) atoms. The largest absolute Gasteiger partial charge is 0.419 e. The Labute approximate surface area is 309 Å². The van der Waals surface area contributed by atoms with Crippen LogP contribution < -0.4 is 4.74 Å². The monoisotopic (exact) mass is 758 g/mol. The summed E-state index contributed by atoms with van der Waals surface area (Å²) in [7, 11) is 0. The summed E-state index contributed by atoms with van der Waals surface area (Å²) in [6.45, 7) is 6.74. The zero-order valence-corrected chi connectivity index (χ0v) is 29.3. The van der Waals surface area contributed by atoms with E-state index in [0.717, 1.165) is 12.1 Å². The number of ether oxygens (including phenoxy) is 1. The highest BCUT2D eigenvalue weighted by Gasteiger charge is 2.34. The Morgan fingerprint density at radius 3 is 1.18 bits per heavy atom. The van der Waals surface area contributed by atoms with Gasteiger partial charge < -0.3 is 4.74 Å². The summed E-state index contributed by atoms with van der Waals surface area (Å²) >= 11 is 0. The Bertz CT molecular complexity index is 2300. The molecule has 0 fully saturated rings. The Morgan fingerprint density at radius 1 is 0.527 bits per heavy atom. The molecule has 2 heterocycles. The van der Waals surface area contributed by atoms with E-state index in [-0.39, 0.29) is 45.4 Å². The number of benzene rings is 4. The van der Waals surface area contributed by atoms with Gasteiger partial charge in [-0.25, -0.2) is 9.97 Å². The van der Waals surface area contributed by atoms with Crippen LogP contribution in [0, 0.1) is 47.9 Å². The first-order chi connectivity index (χ1) is 25.8. The molecule has 0 N–H and O–H groups in total. The van der Waals surface area contributed by atoms with Crippen molar-refractivity contribution >= 4 is 11.4 Å². The van der Waals surface area contributed by atoms with Gasteiger partial charge in [0.15, 0.2) is 0 Å². The van der Waals surface area contributed by atoms with Crippen molar-refractivity contribution in [3.63, 3.8) is 0 Å². The number of aromatic nitrogens is 2. The van der Waals surface area contributed by atoms with Crippen LogP contribution in [0.2, 0.25) is 0 Å². The Hall–Kier alpha value is -6.64. The fourth-order valence-corrected chi connectivity index (χ4v) is 6.58. The summed E-state index contributed by atoms with van der Waals surface area (Å²) in [5.74, 6) is -0.768. The second-order valence-electron chi connectivity index (χ2n) is 12.8. The van der Waals surface area contributed by atoms with E-state index in [1.165, 1.54) is 36.4 Å². The van der Waals surface area contributed by atoms with Crippen molar-refractivity contribution in [2.24, 2.45) is 0 Å². The third-order valence-corrected chi connectivity index (χ3v) is 8.93. The van der Waals surface area contributed by atoms with Crippen LogP contribution in [0.1, 0.15) is 33.4 Å². The van der Waals surface area contributed by atoms with Crippen molar-refractivity contribution < 1.29 is 40.9 Å². The maximum atomic E-state index is 14.0. The topological polar surface area (TPSA) is 121 Å². The Kier molecular flexibility index (Phi) is 9.91. The number of nitrogens with zero attached hydrogens (tertiary/aromatic N) is 4. The van der Waals surface area contributed by atoms with E-state index in [0.29, 0.717) is 56.9 Å². The number of pyridine rings is 2. The van der Waals surface area contributed by atoms with Gasteiger partial charge in [-0.3, -0.25) is 20.2 Å². The van der Waals surface area contributed by atoms with Crippen molar-refractivity contribution in [3.8, 4) is 56.3 Å². The molecule has 0 radical (unpaired) electrons. The van der Waals surface area contributed by atoms with Gasteiger partial charge in [0.2, 0.25) is 11.8 Å². The predicted octanol–water partition coefficient (Wildman–Crippen LogP) is 12.0. The summed E-state index contributed by atoms with van der Waals surface area (Å²) < 4.78 is 90.3. The second kappa shape index (κ2) is 14.3. The highest BCUT2D eigenvalue weighted by Crippen LogP contribution is 2.44. The third-order valence-electron chi connectivity index (χ3n) is 8.93. The molecule has 0 aliphatic rings. The minimum absolute atomic E-state index is 0.146. The SMILES string of the molecule is Cc1cc(-c2cc(C(F)(F)F)cnc2Oc2ncc(C(F)(F)F)cc2-c2cc(C)c(-c3cccc([N+](=O)[O-])c3)c(C)c2)cc(C)c1-c1cccc([N+](=O)[O-])c1. The standard InChI is InChI=1S/C40H28F6N4O5/c1-21-11-27(12-22(2)35(21)25-7-5-9-31(15-25)49(51)52)33-17-29(39(41,42)43)19-47-37(33)55-38-34(18-30(20-48-38)40(44,45)46)28-13-23(3)36(24(4)14-28)26-8-6-10-32(16-26)50(53)54/h5-20H,1-4H3. The molecule has 0 amide bonds. The molecule has 4 aromatic carbocycles. The van der Waals surface area contributed by atoms with Gasteiger partial charge >= 0.3 is 12.4 Å². The first-order valence-corrected chi connectivity index (χ1v) is 16.4. The van der Waals surface area contributed by atoms with E-state index in [2.05, 4.69) is 9.97 Å². The molecule has 15 heteroatoms. The van der Waals surface area contributed by atoms with Crippen molar-refractivity contribution in [2.45, 2.75) is 40.0 Å². The molecule has 9 nitrogen and oxygen atoms in total. The number of nitro benzene ring substituents is 2. The van der Waals surface area contributed by atoms with Crippen molar-refractivity contribution in [1.82, 2.24) is 9.97 Å². The van der Waals surface area contributed by atoms with Gasteiger partial charge in [-0.05, 0) is 95.5 Å². The van der Waals surface area contributed by atoms with Gasteiger partial charge in [0.25, 0.3) is 11.4 Å². The summed E-state index contributed by atoms with van der Waals surface area (Å²) in [4.78, 5) is 29.7. The van der Waals surface area contributed by atoms with Gasteiger partial charge in [0, 0.05) is 47.8 Å². The molecule has 0 atom stereocenters. The molecule has 0 bridgehead atoms. The lowest BCUT2D eigenvalue weighted by molar-refractivity contribution is -0.385. The number of nitro groups is 2. The maximum Gasteiger partial charge on any atom is 0.417 e. The molecule has 0 spiro atoms. The van der Waals surface area contributed by atoms with Gasteiger partial charge in [-0.15, -0.1) is 0 Å². The first kappa shape index (κ1) is 38.1. The van der Waals surface area contributed by atoms with Crippen molar-refractivity contribution in [1.29, 1.82) is 0 Å². The molecule has 280 valence electrons. The predicted molar refractivity (Wildman–Crippen MR) is 193 cm³/mol. The van der Waals surface area contributed by atoms with Crippen LogP contribution in [0.3, 0.4) is 0 Å². The molecular formula is C40H28F6N4O5. The van der Waals surface area contributed by atoms with Crippen LogP contribution in [0.5, 0.6) is 11.8 Å². The van der Waals surface area contributed by atoms with Crippen LogP contribution in [0.15, 0.2) is 97.3 Å². The van der Waals surface area contributed by atoms with E-state index < -0.39 is 33.3 Å². The number of halogens is 6. The summed E-state index contributed by atoms with van der Waals surface area (Å²) in [5, 5.41) is 22.9. The van der Waals surface area contributed by atoms with Gasteiger partial charge in [0.1, 0.15) is 0 Å². The smallest absolute Gasteiger partial charge is 0.417 e. The quantitative estimate of drug-likeness (QED) is 0.0860. The minimum atomic E-state index is -4.82. The highest BCUT2D eigenvalue weighted by atomic mass is 19.4. The molecule has 2 aromatic heterocycles. The molecule has 6 aromatic rings. The second-order valence-corrected chi connectivity index (χ2v) is 12.8. The average Bonchev–Trinajstić information content (AvgIpc) is 3.10. The normalized spacial score (nSPS) is 11.7. The van der Waals surface area contributed by atoms with Crippen molar-refractivity contribution in [3.05, 3.63) is 151 Å². The third kappa shape index (κ3) is 7.86. The average molecular weight is 759 g/mol. The summed E-state index contributed by atoms with van der Waals surface area (Å²) in [6, 6.07) is 19.7. The van der Waals surface area contributed by atoms with Crippen LogP contribution >= 0.6 is 0 Å². The maximum absolute atomic E-state index is 14.0. The van der Waals surface area contributed by atoms with E-state index in [9.17, 15) is 46.6 Å². The van der Waals surface area contributed by atoms with E-state index in [1.54, 1.807) is 64.1 Å². The van der Waals surface area contributed by atoms with E-state index in [1.807, 2.05) is 0 Å². The fraction of sp³-hybridized carbons (Fsp3) is 0.150. The zero-order valence-electron chi connectivity index (χ0n) is 29.3. The van der Waals surface area contributed by atoms with Crippen LogP contribution in [0.4, 0.5) is 37.7 Å². The lowest BCUT2D eigenvalue weighted by atomic mass is 9.91. The van der Waals surface area contributed by atoms with Crippen LogP contribution in [-0.4, -0.2) is 19.8 Å². The van der Waals surface area contributed by atoms with E-state index >= 15 is 0 Å². The number of hydrogen-bond acceptors (Lipinski definition) is 7. The molecule has 0 aliphatic carbocycles. The van der Waals surface area contributed by atoms with Gasteiger partial charge in [0.05, 0.1) is 21.0 Å². The molecule has 0 unspecified atom stereocenters. The lowest BCUT2D eigenvalue weighted by Crippen LogP contribution is -2.08. The Morgan fingerprint density at radius 2 is 0.873 bits per heavy atom. The van der Waals surface area contributed by atoms with Crippen LogP contribution in [0.25, 0.3) is 44.5 Å². The molecule has 0 saturated carbocycles. The number of aryl methyl sites for hydroxylation is 4. The Balaban J connectivity index is 1.50. The van der Waals surface area contributed by atoms with E-state index in [4.69, 9.17) is 4.74 Å².